The number of nitrogens with one attached hydrogen (secondary N) is 1. The van der Waals surface area contributed by atoms with Gasteiger partial charge in [0.25, 0.3) is 0 Å². The van der Waals surface area contributed by atoms with Gasteiger partial charge in [-0.05, 0) is 60.9 Å². The summed E-state index contributed by atoms with van der Waals surface area (Å²) in [7, 11) is 0. The molecule has 0 fully saturated rings. The Morgan fingerprint density at radius 2 is 1.95 bits per heavy atom. The number of benzene rings is 1. The van der Waals surface area contributed by atoms with Gasteiger partial charge >= 0.3 is 0 Å². The minimum absolute atomic E-state index is 0.392. The van der Waals surface area contributed by atoms with Crippen molar-refractivity contribution in [3.8, 4) is 0 Å². The summed E-state index contributed by atoms with van der Waals surface area (Å²) >= 11 is 7.50. The summed E-state index contributed by atoms with van der Waals surface area (Å²) in [5.41, 5.74) is 3.34. The van der Waals surface area contributed by atoms with Crippen LogP contribution in [0.5, 0.6) is 0 Å². The molecular weight excluding hydrogens is 366 g/mol. The van der Waals surface area contributed by atoms with Gasteiger partial charge in [0.2, 0.25) is 0 Å². The zero-order chi connectivity index (χ0) is 14.0. The first-order chi connectivity index (χ1) is 8.94. The molecule has 0 spiro atoms. The number of hydrogen-bond acceptors (Lipinski definition) is 1. The van der Waals surface area contributed by atoms with E-state index >= 15 is 0 Å². The van der Waals surface area contributed by atoms with Gasteiger partial charge in [-0.15, -0.1) is 0 Å². The smallest absolute Gasteiger partial charge is 0.0339 e. The van der Waals surface area contributed by atoms with Crippen LogP contribution in [0.1, 0.15) is 57.2 Å². The van der Waals surface area contributed by atoms with Crippen LogP contribution in [-0.2, 0) is 6.42 Å². The number of hydrogen-bond donors (Lipinski definition) is 1. The molecule has 1 aromatic rings. The molecule has 1 aliphatic carbocycles. The lowest BCUT2D eigenvalue weighted by molar-refractivity contribution is 0.273. The van der Waals surface area contributed by atoms with E-state index in [-0.39, 0.29) is 0 Å². The highest BCUT2D eigenvalue weighted by atomic mass is 79.9. The molecule has 106 valence electrons. The summed E-state index contributed by atoms with van der Waals surface area (Å²) in [6.07, 6.45) is 4.79. The standard InChI is InChI=1S/C16H23Br2N/c1-4-9-19-14-10-16(2,3)8-7-11-12(17)5-6-13(18)15(11)14/h5-6,14,19H,4,7-10H2,1-3H3. The zero-order valence-electron chi connectivity index (χ0n) is 12.0. The van der Waals surface area contributed by atoms with E-state index in [9.17, 15) is 0 Å². The summed E-state index contributed by atoms with van der Waals surface area (Å²) in [6.45, 7) is 8.09. The molecule has 1 unspecified atom stereocenters. The predicted octanol–water partition coefficient (Wildman–Crippen LogP) is 5.61. The quantitative estimate of drug-likeness (QED) is 0.663. The maximum Gasteiger partial charge on any atom is 0.0339 e. The number of rotatable bonds is 3. The van der Waals surface area contributed by atoms with Gasteiger partial charge in [-0.2, -0.15) is 0 Å². The third-order valence-corrected chi connectivity index (χ3v) is 5.48. The maximum absolute atomic E-state index is 3.76. The average Bonchev–Trinajstić information content (AvgIpc) is 2.48. The van der Waals surface area contributed by atoms with Crippen LogP contribution in [0.3, 0.4) is 0 Å². The molecule has 1 aliphatic rings. The lowest BCUT2D eigenvalue weighted by atomic mass is 9.83. The molecule has 0 saturated carbocycles. The van der Waals surface area contributed by atoms with Crippen molar-refractivity contribution in [1.82, 2.24) is 5.32 Å². The van der Waals surface area contributed by atoms with Crippen LogP contribution in [0.4, 0.5) is 0 Å². The van der Waals surface area contributed by atoms with Crippen LogP contribution in [0.2, 0.25) is 0 Å². The van der Waals surface area contributed by atoms with Gasteiger partial charge in [-0.1, -0.05) is 52.6 Å². The predicted molar refractivity (Wildman–Crippen MR) is 89.6 cm³/mol. The van der Waals surface area contributed by atoms with Crippen molar-refractivity contribution in [2.45, 2.75) is 52.5 Å². The van der Waals surface area contributed by atoms with E-state index < -0.39 is 0 Å². The first-order valence-electron chi connectivity index (χ1n) is 7.15. The van der Waals surface area contributed by atoms with Gasteiger partial charge in [-0.3, -0.25) is 0 Å². The highest BCUT2D eigenvalue weighted by Gasteiger charge is 2.31. The summed E-state index contributed by atoms with van der Waals surface area (Å²) in [6, 6.07) is 4.79. The van der Waals surface area contributed by atoms with E-state index in [0.29, 0.717) is 11.5 Å². The summed E-state index contributed by atoms with van der Waals surface area (Å²) in [5, 5.41) is 3.74. The van der Waals surface area contributed by atoms with Crippen LogP contribution >= 0.6 is 31.9 Å². The summed E-state index contributed by atoms with van der Waals surface area (Å²) in [4.78, 5) is 0. The van der Waals surface area contributed by atoms with Crippen molar-refractivity contribution < 1.29 is 0 Å². The van der Waals surface area contributed by atoms with E-state index in [0.717, 1.165) is 13.0 Å². The fourth-order valence-corrected chi connectivity index (χ4v) is 4.15. The Morgan fingerprint density at radius 3 is 2.63 bits per heavy atom. The van der Waals surface area contributed by atoms with E-state index in [1.807, 2.05) is 0 Å². The largest absolute Gasteiger partial charge is 0.310 e. The van der Waals surface area contributed by atoms with Crippen LogP contribution < -0.4 is 5.32 Å². The van der Waals surface area contributed by atoms with Crippen molar-refractivity contribution in [1.29, 1.82) is 0 Å². The second-order valence-electron chi connectivity index (χ2n) is 6.30. The maximum atomic E-state index is 3.76. The minimum atomic E-state index is 0.392. The minimum Gasteiger partial charge on any atom is -0.310 e. The van der Waals surface area contributed by atoms with Gasteiger partial charge < -0.3 is 5.32 Å². The van der Waals surface area contributed by atoms with E-state index in [1.165, 1.54) is 39.3 Å². The SMILES string of the molecule is CCCNC1CC(C)(C)CCc2c(Br)ccc(Br)c21. The molecule has 0 aromatic heterocycles. The summed E-state index contributed by atoms with van der Waals surface area (Å²) < 4.78 is 2.50. The second kappa shape index (κ2) is 6.28. The second-order valence-corrected chi connectivity index (χ2v) is 8.01. The number of fused-ring (bicyclic) bond motifs is 1. The first-order valence-corrected chi connectivity index (χ1v) is 8.73. The molecule has 0 radical (unpaired) electrons. The van der Waals surface area contributed by atoms with Crippen LogP contribution in [-0.4, -0.2) is 6.54 Å². The van der Waals surface area contributed by atoms with Crippen molar-refractivity contribution >= 4 is 31.9 Å². The molecule has 1 atom stereocenters. The fourth-order valence-electron chi connectivity index (χ4n) is 2.95. The molecule has 1 N–H and O–H groups in total. The Hall–Kier alpha value is 0.140. The molecular formula is C16H23Br2N. The molecule has 0 heterocycles. The van der Waals surface area contributed by atoms with E-state index in [4.69, 9.17) is 0 Å². The lowest BCUT2D eigenvalue weighted by Gasteiger charge is -2.28. The molecule has 0 bridgehead atoms. The number of halogens is 2. The normalized spacial score (nSPS) is 21.8. The van der Waals surface area contributed by atoms with Gasteiger partial charge in [-0.25, -0.2) is 0 Å². The Bertz CT molecular complexity index is 454. The highest BCUT2D eigenvalue weighted by Crippen LogP contribution is 2.44. The van der Waals surface area contributed by atoms with Crippen LogP contribution in [0, 0.1) is 5.41 Å². The molecule has 0 aliphatic heterocycles. The summed E-state index contributed by atoms with van der Waals surface area (Å²) in [5.74, 6) is 0. The van der Waals surface area contributed by atoms with Gasteiger partial charge in [0, 0.05) is 15.0 Å². The molecule has 3 heteroatoms. The third kappa shape index (κ3) is 3.62. The molecule has 1 nitrogen and oxygen atoms in total. The molecule has 0 saturated heterocycles. The Labute approximate surface area is 133 Å². The van der Waals surface area contributed by atoms with Gasteiger partial charge in [0.1, 0.15) is 0 Å². The van der Waals surface area contributed by atoms with Crippen molar-refractivity contribution in [3.05, 3.63) is 32.2 Å². The first kappa shape index (κ1) is 15.5. The van der Waals surface area contributed by atoms with Crippen molar-refractivity contribution in [2.75, 3.05) is 6.54 Å². The Kier molecular flexibility index (Phi) is 5.13. The molecule has 19 heavy (non-hydrogen) atoms. The Morgan fingerprint density at radius 1 is 1.26 bits per heavy atom. The lowest BCUT2D eigenvalue weighted by Crippen LogP contribution is -2.26. The molecule has 2 rings (SSSR count). The van der Waals surface area contributed by atoms with Gasteiger partial charge in [0.15, 0.2) is 0 Å². The van der Waals surface area contributed by atoms with Crippen LogP contribution in [0.15, 0.2) is 21.1 Å². The molecule has 1 aromatic carbocycles. The third-order valence-electron chi connectivity index (χ3n) is 4.04. The van der Waals surface area contributed by atoms with E-state index in [1.54, 1.807) is 0 Å². The van der Waals surface area contributed by atoms with Crippen LogP contribution in [0.25, 0.3) is 0 Å². The molecule has 0 amide bonds. The fraction of sp³-hybridized carbons (Fsp3) is 0.625. The Balaban J connectivity index is 2.43. The van der Waals surface area contributed by atoms with E-state index in [2.05, 4.69) is 70.1 Å². The van der Waals surface area contributed by atoms with Crippen molar-refractivity contribution in [3.63, 3.8) is 0 Å². The zero-order valence-corrected chi connectivity index (χ0v) is 15.2. The average molecular weight is 389 g/mol. The highest BCUT2D eigenvalue weighted by molar-refractivity contribution is 9.11. The van der Waals surface area contributed by atoms with Crippen molar-refractivity contribution in [2.24, 2.45) is 5.41 Å². The van der Waals surface area contributed by atoms with Gasteiger partial charge in [0.05, 0.1) is 0 Å². The monoisotopic (exact) mass is 387 g/mol. The topological polar surface area (TPSA) is 12.0 Å².